The van der Waals surface area contributed by atoms with Crippen molar-refractivity contribution in [2.24, 2.45) is 0 Å². The lowest BCUT2D eigenvalue weighted by Crippen LogP contribution is -2.26. The molecule has 1 aliphatic rings. The number of pyridine rings is 1. The van der Waals surface area contributed by atoms with Gasteiger partial charge in [-0.3, -0.25) is 9.78 Å². The van der Waals surface area contributed by atoms with Crippen molar-refractivity contribution < 1.29 is 18.0 Å². The molecule has 0 bridgehead atoms. The van der Waals surface area contributed by atoms with Crippen LogP contribution in [0.3, 0.4) is 0 Å². The zero-order valence-corrected chi connectivity index (χ0v) is 17.2. The fourth-order valence-corrected chi connectivity index (χ4v) is 4.33. The normalized spacial score (nSPS) is 13.9. The predicted molar refractivity (Wildman–Crippen MR) is 112 cm³/mol. The third kappa shape index (κ3) is 4.27. The fraction of sp³-hybridized carbons (Fsp3) is 0.182. The van der Waals surface area contributed by atoms with Crippen molar-refractivity contribution >= 4 is 33.9 Å². The van der Waals surface area contributed by atoms with Crippen molar-refractivity contribution in [2.75, 3.05) is 0 Å². The maximum absolute atomic E-state index is 12.7. The number of halogens is 4. The maximum atomic E-state index is 12.7. The molecule has 154 valence electrons. The Bertz CT molecular complexity index is 1110. The van der Waals surface area contributed by atoms with Gasteiger partial charge in [-0.25, -0.2) is 0 Å². The highest BCUT2D eigenvalue weighted by Crippen LogP contribution is 2.35. The van der Waals surface area contributed by atoms with E-state index >= 15 is 0 Å². The lowest BCUT2D eigenvalue weighted by atomic mass is 9.94. The number of fused-ring (bicyclic) bond motifs is 1. The molecule has 1 amide bonds. The van der Waals surface area contributed by atoms with Crippen molar-refractivity contribution in [3.05, 3.63) is 81.9 Å². The molecule has 3 aromatic rings. The number of amides is 1. The molecule has 30 heavy (non-hydrogen) atoms. The van der Waals surface area contributed by atoms with Crippen LogP contribution in [0.1, 0.15) is 28.8 Å². The topological polar surface area (TPSA) is 42.0 Å². The molecular weight excluding hydrogens is 433 g/mol. The van der Waals surface area contributed by atoms with Gasteiger partial charge >= 0.3 is 6.18 Å². The number of aryl methyl sites for hydroxylation is 1. The van der Waals surface area contributed by atoms with E-state index < -0.39 is 11.7 Å². The molecule has 0 radical (unpaired) electrons. The van der Waals surface area contributed by atoms with E-state index in [0.717, 1.165) is 34.0 Å². The molecule has 1 aliphatic carbocycles. The summed E-state index contributed by atoms with van der Waals surface area (Å²) in [6.07, 6.45) is -3.34. The van der Waals surface area contributed by atoms with Crippen molar-refractivity contribution in [2.45, 2.75) is 25.6 Å². The predicted octanol–water partition coefficient (Wildman–Crippen LogP) is 6.04. The Balaban J connectivity index is 1.47. The number of rotatable bonds is 4. The second kappa shape index (κ2) is 8.24. The van der Waals surface area contributed by atoms with Gasteiger partial charge in [0, 0.05) is 17.7 Å². The summed E-state index contributed by atoms with van der Waals surface area (Å²) in [5, 5.41) is 5.10. The second-order valence-electron chi connectivity index (χ2n) is 6.84. The average molecular weight is 449 g/mol. The van der Waals surface area contributed by atoms with Gasteiger partial charge in [0.2, 0.25) is 5.91 Å². The van der Waals surface area contributed by atoms with Crippen LogP contribution in [-0.4, -0.2) is 10.9 Å². The number of carbonyl (C=O) groups excluding carboxylic acids is 1. The van der Waals surface area contributed by atoms with Gasteiger partial charge in [-0.05, 0) is 54.1 Å². The summed E-state index contributed by atoms with van der Waals surface area (Å²) in [7, 11) is 0. The summed E-state index contributed by atoms with van der Waals surface area (Å²) in [5.41, 5.74) is 2.78. The van der Waals surface area contributed by atoms with E-state index in [-0.39, 0.29) is 12.5 Å². The van der Waals surface area contributed by atoms with E-state index in [1.165, 1.54) is 12.1 Å². The van der Waals surface area contributed by atoms with Gasteiger partial charge in [0.15, 0.2) is 0 Å². The standard InChI is InChI=1S/C22H16ClF3N2OS/c23-20-15-7-10-18(19-2-1-11-30-19)28-17(15)9-8-16(20)21(29)27-12-13-3-5-14(6-4-13)22(24,25)26/h1-7,10-11H,8-9,12H2,(H,27,29). The molecule has 2 heterocycles. The number of hydrogen-bond acceptors (Lipinski definition) is 3. The van der Waals surface area contributed by atoms with Gasteiger partial charge in [0.25, 0.3) is 0 Å². The van der Waals surface area contributed by atoms with Crippen molar-refractivity contribution in [1.29, 1.82) is 0 Å². The highest BCUT2D eigenvalue weighted by Gasteiger charge is 2.30. The molecule has 0 saturated heterocycles. The van der Waals surface area contributed by atoms with Crippen molar-refractivity contribution in [3.63, 3.8) is 0 Å². The largest absolute Gasteiger partial charge is 0.416 e. The molecule has 3 nitrogen and oxygen atoms in total. The summed E-state index contributed by atoms with van der Waals surface area (Å²) in [5.74, 6) is -0.326. The summed E-state index contributed by atoms with van der Waals surface area (Å²) in [6.45, 7) is 0.118. The van der Waals surface area contributed by atoms with Crippen LogP contribution in [-0.2, 0) is 23.9 Å². The monoisotopic (exact) mass is 448 g/mol. The molecule has 2 aromatic heterocycles. The van der Waals surface area contributed by atoms with E-state index in [1.54, 1.807) is 11.3 Å². The van der Waals surface area contributed by atoms with E-state index in [4.69, 9.17) is 11.6 Å². The first-order chi connectivity index (χ1) is 14.3. The maximum Gasteiger partial charge on any atom is 0.416 e. The molecule has 0 unspecified atom stereocenters. The number of hydrogen-bond donors (Lipinski definition) is 1. The zero-order valence-electron chi connectivity index (χ0n) is 15.6. The molecule has 0 spiro atoms. The van der Waals surface area contributed by atoms with Crippen LogP contribution < -0.4 is 5.32 Å². The van der Waals surface area contributed by atoms with Crippen LogP contribution in [0.4, 0.5) is 13.2 Å². The molecule has 4 rings (SSSR count). The van der Waals surface area contributed by atoms with E-state index in [1.807, 2.05) is 29.6 Å². The van der Waals surface area contributed by atoms with Gasteiger partial charge in [-0.1, -0.05) is 29.8 Å². The third-order valence-corrected chi connectivity index (χ3v) is 6.19. The number of thiophene rings is 1. The van der Waals surface area contributed by atoms with Crippen LogP contribution in [0.5, 0.6) is 0 Å². The van der Waals surface area contributed by atoms with E-state index in [9.17, 15) is 18.0 Å². The number of nitrogens with one attached hydrogen (secondary N) is 1. The number of nitrogens with zero attached hydrogens (tertiary/aromatic N) is 1. The van der Waals surface area contributed by atoms with Gasteiger partial charge < -0.3 is 5.32 Å². The first kappa shape index (κ1) is 20.6. The Kier molecular flexibility index (Phi) is 5.66. The summed E-state index contributed by atoms with van der Waals surface area (Å²) in [6, 6.07) is 12.4. The first-order valence-corrected chi connectivity index (χ1v) is 10.5. The van der Waals surface area contributed by atoms with Crippen LogP contribution >= 0.6 is 22.9 Å². The number of alkyl halides is 3. The van der Waals surface area contributed by atoms with Gasteiger partial charge in [0.1, 0.15) is 0 Å². The highest BCUT2D eigenvalue weighted by atomic mass is 35.5. The Morgan fingerprint density at radius 1 is 1.10 bits per heavy atom. The van der Waals surface area contributed by atoms with Crippen LogP contribution in [0.2, 0.25) is 0 Å². The Morgan fingerprint density at radius 2 is 1.87 bits per heavy atom. The minimum absolute atomic E-state index is 0.118. The minimum Gasteiger partial charge on any atom is -0.348 e. The summed E-state index contributed by atoms with van der Waals surface area (Å²) in [4.78, 5) is 18.4. The lowest BCUT2D eigenvalue weighted by molar-refractivity contribution is -0.137. The van der Waals surface area contributed by atoms with Crippen LogP contribution in [0, 0.1) is 0 Å². The first-order valence-electron chi connectivity index (χ1n) is 9.20. The van der Waals surface area contributed by atoms with Gasteiger partial charge in [-0.2, -0.15) is 13.2 Å². The summed E-state index contributed by atoms with van der Waals surface area (Å²) < 4.78 is 38.0. The SMILES string of the molecule is O=C(NCc1ccc(C(F)(F)F)cc1)C1=C(Cl)c2ccc(-c3cccs3)nc2CC1. The summed E-state index contributed by atoms with van der Waals surface area (Å²) >= 11 is 8.10. The molecule has 0 saturated carbocycles. The van der Waals surface area contributed by atoms with Gasteiger partial charge in [-0.15, -0.1) is 11.3 Å². The Hall–Kier alpha value is -2.64. The Labute approximate surface area is 180 Å². The van der Waals surface area contributed by atoms with Crippen LogP contribution in [0.15, 0.2) is 59.5 Å². The smallest absolute Gasteiger partial charge is 0.348 e. The molecule has 0 atom stereocenters. The molecule has 1 N–H and O–H groups in total. The minimum atomic E-state index is -4.38. The van der Waals surface area contributed by atoms with E-state index in [0.29, 0.717) is 29.0 Å². The average Bonchev–Trinajstić information content (AvgIpc) is 3.27. The zero-order chi connectivity index (χ0) is 21.3. The number of aromatic nitrogens is 1. The molecular formula is C22H16ClF3N2OS. The van der Waals surface area contributed by atoms with E-state index in [2.05, 4.69) is 10.3 Å². The molecule has 8 heteroatoms. The van der Waals surface area contributed by atoms with Gasteiger partial charge in [0.05, 0.1) is 26.9 Å². The number of benzene rings is 1. The van der Waals surface area contributed by atoms with Crippen molar-refractivity contribution in [3.8, 4) is 10.6 Å². The molecule has 0 aliphatic heterocycles. The fourth-order valence-electron chi connectivity index (χ4n) is 3.28. The lowest BCUT2D eigenvalue weighted by Gasteiger charge is -2.19. The molecule has 1 aromatic carbocycles. The van der Waals surface area contributed by atoms with Crippen LogP contribution in [0.25, 0.3) is 15.6 Å². The highest BCUT2D eigenvalue weighted by molar-refractivity contribution is 7.13. The van der Waals surface area contributed by atoms with Crippen molar-refractivity contribution in [1.82, 2.24) is 10.3 Å². The Morgan fingerprint density at radius 3 is 2.53 bits per heavy atom. The number of carbonyl (C=O) groups is 1. The third-order valence-electron chi connectivity index (χ3n) is 4.87. The second-order valence-corrected chi connectivity index (χ2v) is 8.16. The molecule has 0 fully saturated rings. The quantitative estimate of drug-likeness (QED) is 0.528.